The van der Waals surface area contributed by atoms with E-state index in [1.165, 1.54) is 0 Å². The number of ketones is 1. The molecule has 3 heterocycles. The number of amides is 1. The molecule has 0 aromatic heterocycles. The van der Waals surface area contributed by atoms with E-state index in [1.54, 1.807) is 6.92 Å². The van der Waals surface area contributed by atoms with E-state index in [0.29, 0.717) is 0 Å². The minimum Gasteiger partial charge on any atom is -0.365 e. The number of nitrogens with one attached hydrogen (secondary N) is 1. The topological polar surface area (TPSA) is 55.4 Å². The van der Waals surface area contributed by atoms with E-state index in [0.717, 1.165) is 12.8 Å². The van der Waals surface area contributed by atoms with Gasteiger partial charge in [-0.15, -0.1) is 0 Å². The zero-order chi connectivity index (χ0) is 11.7. The first-order valence-corrected chi connectivity index (χ1v) is 5.92. The summed E-state index contributed by atoms with van der Waals surface area (Å²) in [6.45, 7) is 5.53. The molecule has 0 unspecified atom stereocenters. The highest BCUT2D eigenvalue weighted by molar-refractivity contribution is 5.92. The molecule has 0 aromatic rings. The van der Waals surface area contributed by atoms with Gasteiger partial charge in [-0.3, -0.25) is 9.59 Å². The molecule has 4 heteroatoms. The number of carbonyl (C=O) groups excluding carboxylic acids is 2. The molecule has 1 N–H and O–H groups in total. The van der Waals surface area contributed by atoms with E-state index in [2.05, 4.69) is 5.32 Å². The molecular weight excluding hydrogens is 206 g/mol. The number of rotatable bonds is 1. The van der Waals surface area contributed by atoms with Crippen LogP contribution in [0.4, 0.5) is 0 Å². The second-order valence-corrected chi connectivity index (χ2v) is 5.67. The van der Waals surface area contributed by atoms with Gasteiger partial charge in [-0.05, 0) is 33.6 Å². The van der Waals surface area contributed by atoms with Crippen LogP contribution in [0.5, 0.6) is 0 Å². The zero-order valence-corrected chi connectivity index (χ0v) is 9.87. The van der Waals surface area contributed by atoms with Crippen LogP contribution in [0.25, 0.3) is 0 Å². The summed E-state index contributed by atoms with van der Waals surface area (Å²) in [5, 5.41) is 2.92. The smallest absolute Gasteiger partial charge is 0.227 e. The molecule has 5 atom stereocenters. The Bertz CT molecular complexity index is 394. The van der Waals surface area contributed by atoms with Crippen LogP contribution in [0.1, 0.15) is 33.6 Å². The number of hydrogen-bond donors (Lipinski definition) is 1. The fraction of sp³-hybridized carbons (Fsp3) is 0.833. The number of fused-ring (bicyclic) bond motifs is 1. The monoisotopic (exact) mass is 223 g/mol. The van der Waals surface area contributed by atoms with Crippen molar-refractivity contribution in [1.82, 2.24) is 5.32 Å². The van der Waals surface area contributed by atoms with Crippen molar-refractivity contribution in [2.24, 2.45) is 11.8 Å². The Morgan fingerprint density at radius 1 is 1.50 bits per heavy atom. The Hall–Kier alpha value is -0.900. The molecule has 3 rings (SSSR count). The average Bonchev–Trinajstić information content (AvgIpc) is 2.72. The lowest BCUT2D eigenvalue weighted by Crippen LogP contribution is -2.45. The quantitative estimate of drug-likeness (QED) is 0.710. The first-order chi connectivity index (χ1) is 7.41. The fourth-order valence-electron chi connectivity index (χ4n) is 4.09. The maximum absolute atomic E-state index is 12.0. The normalized spacial score (nSPS) is 53.9. The molecular formula is C12H17NO3. The number of hydrogen-bond acceptors (Lipinski definition) is 3. The molecule has 1 amide bonds. The summed E-state index contributed by atoms with van der Waals surface area (Å²) in [6.07, 6.45) is 1.77. The van der Waals surface area contributed by atoms with Crippen LogP contribution in [0, 0.1) is 11.8 Å². The van der Waals surface area contributed by atoms with E-state index in [-0.39, 0.29) is 29.6 Å². The average molecular weight is 223 g/mol. The molecule has 3 fully saturated rings. The zero-order valence-electron chi connectivity index (χ0n) is 9.87. The highest BCUT2D eigenvalue weighted by Crippen LogP contribution is 2.61. The molecule has 3 aliphatic rings. The summed E-state index contributed by atoms with van der Waals surface area (Å²) >= 11 is 0. The van der Waals surface area contributed by atoms with Crippen molar-refractivity contribution in [1.29, 1.82) is 0 Å². The molecule has 0 aromatic carbocycles. The van der Waals surface area contributed by atoms with Crippen LogP contribution in [-0.4, -0.2) is 28.9 Å². The van der Waals surface area contributed by atoms with Gasteiger partial charge in [0.05, 0.1) is 23.5 Å². The van der Waals surface area contributed by atoms with Gasteiger partial charge in [0, 0.05) is 0 Å². The number of carbonyl (C=O) groups is 2. The predicted molar refractivity (Wildman–Crippen MR) is 56.7 cm³/mol. The van der Waals surface area contributed by atoms with Gasteiger partial charge in [-0.25, -0.2) is 0 Å². The summed E-state index contributed by atoms with van der Waals surface area (Å²) in [7, 11) is 0. The lowest BCUT2D eigenvalue weighted by molar-refractivity contribution is -0.133. The van der Waals surface area contributed by atoms with Crippen molar-refractivity contribution in [3.8, 4) is 0 Å². The summed E-state index contributed by atoms with van der Waals surface area (Å²) in [6, 6.07) is 0.0242. The number of Topliss-reactive ketones (excluding diaryl/α,β-unsaturated/α-hetero) is 1. The molecule has 16 heavy (non-hydrogen) atoms. The first kappa shape index (κ1) is 10.3. The van der Waals surface area contributed by atoms with Gasteiger partial charge in [-0.2, -0.15) is 0 Å². The summed E-state index contributed by atoms with van der Waals surface area (Å²) in [5.74, 6) is -0.445. The van der Waals surface area contributed by atoms with Gasteiger partial charge in [0.2, 0.25) is 5.91 Å². The lowest BCUT2D eigenvalue weighted by Gasteiger charge is -2.31. The third kappa shape index (κ3) is 0.902. The Morgan fingerprint density at radius 2 is 2.19 bits per heavy atom. The highest BCUT2D eigenvalue weighted by Gasteiger charge is 2.73. The van der Waals surface area contributed by atoms with Gasteiger partial charge in [0.15, 0.2) is 0 Å². The van der Waals surface area contributed by atoms with Crippen LogP contribution in [-0.2, 0) is 14.3 Å². The molecule has 1 spiro atoms. The van der Waals surface area contributed by atoms with Crippen molar-refractivity contribution >= 4 is 11.7 Å². The summed E-state index contributed by atoms with van der Waals surface area (Å²) in [5.41, 5.74) is -0.829. The van der Waals surface area contributed by atoms with Gasteiger partial charge in [-0.1, -0.05) is 0 Å². The Morgan fingerprint density at radius 3 is 2.81 bits per heavy atom. The third-order valence-corrected chi connectivity index (χ3v) is 4.77. The van der Waals surface area contributed by atoms with E-state index >= 15 is 0 Å². The van der Waals surface area contributed by atoms with Gasteiger partial charge < -0.3 is 10.1 Å². The van der Waals surface area contributed by atoms with Gasteiger partial charge >= 0.3 is 0 Å². The Balaban J connectivity index is 2.12. The van der Waals surface area contributed by atoms with Crippen molar-refractivity contribution in [2.75, 3.05) is 0 Å². The summed E-state index contributed by atoms with van der Waals surface area (Å²) in [4.78, 5) is 23.7. The number of ether oxygens (including phenoxy) is 1. The van der Waals surface area contributed by atoms with E-state index in [1.807, 2.05) is 13.8 Å². The van der Waals surface area contributed by atoms with Crippen LogP contribution in [0.2, 0.25) is 0 Å². The van der Waals surface area contributed by atoms with Crippen LogP contribution < -0.4 is 5.32 Å². The summed E-state index contributed by atoms with van der Waals surface area (Å²) < 4.78 is 6.12. The second-order valence-electron chi connectivity index (χ2n) is 5.67. The Kier molecular flexibility index (Phi) is 1.71. The van der Waals surface area contributed by atoms with E-state index in [9.17, 15) is 9.59 Å². The molecule has 4 nitrogen and oxygen atoms in total. The largest absolute Gasteiger partial charge is 0.365 e. The molecule has 3 saturated heterocycles. The highest BCUT2D eigenvalue weighted by atomic mass is 16.5. The minimum absolute atomic E-state index is 0.00359. The van der Waals surface area contributed by atoms with Gasteiger partial charge in [0.25, 0.3) is 0 Å². The fourth-order valence-corrected chi connectivity index (χ4v) is 4.09. The standard InChI is InChI=1S/C12H17NO3/c1-6(14)8-9-10(15)13-7(2)12(9)5-4-11(8,3)16-12/h7-9H,4-5H2,1-3H3,(H,13,15)/t7-,8-,9-,11-,12-/m1/s1. The maximum Gasteiger partial charge on any atom is 0.227 e. The lowest BCUT2D eigenvalue weighted by atomic mass is 9.65. The Labute approximate surface area is 94.7 Å². The molecule has 88 valence electrons. The molecule has 0 aliphatic carbocycles. The van der Waals surface area contributed by atoms with Crippen molar-refractivity contribution in [3.63, 3.8) is 0 Å². The van der Waals surface area contributed by atoms with Crippen molar-refractivity contribution in [2.45, 2.75) is 50.9 Å². The second kappa shape index (κ2) is 2.67. The molecule has 0 saturated carbocycles. The van der Waals surface area contributed by atoms with Gasteiger partial charge in [0.1, 0.15) is 11.4 Å². The van der Waals surface area contributed by atoms with Crippen molar-refractivity contribution < 1.29 is 14.3 Å². The van der Waals surface area contributed by atoms with Crippen LogP contribution in [0.3, 0.4) is 0 Å². The predicted octanol–water partition coefficient (Wildman–Crippen LogP) is 0.648. The van der Waals surface area contributed by atoms with E-state index in [4.69, 9.17) is 4.74 Å². The molecule has 2 bridgehead atoms. The molecule has 0 radical (unpaired) electrons. The SMILES string of the molecule is CC(=O)[C@@H]1[C@@H]2C(=O)N[C@H](C)[C@]23CC[C@@]1(C)O3. The van der Waals surface area contributed by atoms with E-state index < -0.39 is 11.2 Å². The van der Waals surface area contributed by atoms with Crippen LogP contribution >= 0.6 is 0 Å². The maximum atomic E-state index is 12.0. The van der Waals surface area contributed by atoms with Crippen LogP contribution in [0.15, 0.2) is 0 Å². The third-order valence-electron chi connectivity index (χ3n) is 4.77. The minimum atomic E-state index is -0.415. The van der Waals surface area contributed by atoms with Crippen molar-refractivity contribution in [3.05, 3.63) is 0 Å². The molecule has 3 aliphatic heterocycles. The first-order valence-electron chi connectivity index (χ1n) is 5.92.